The maximum Gasteiger partial charge on any atom is 0.251 e. The van der Waals surface area contributed by atoms with Crippen LogP contribution in [0, 0.1) is 0 Å². The van der Waals surface area contributed by atoms with E-state index >= 15 is 0 Å². The van der Waals surface area contributed by atoms with Crippen molar-refractivity contribution in [2.75, 3.05) is 13.7 Å². The second-order valence-electron chi connectivity index (χ2n) is 3.71. The molecular formula is C12H16N2O3S. The number of hydrogen-bond acceptors (Lipinski definition) is 4. The van der Waals surface area contributed by atoms with E-state index in [4.69, 9.17) is 22.7 Å². The average Bonchev–Trinajstić information content (AvgIpc) is 2.34. The fourth-order valence-electron chi connectivity index (χ4n) is 1.40. The number of thiocarbonyl (C=S) groups is 1. The number of aromatic hydroxyl groups is 1. The molecule has 1 amide bonds. The monoisotopic (exact) mass is 268 g/mol. The lowest BCUT2D eigenvalue weighted by atomic mass is 10.2. The highest BCUT2D eigenvalue weighted by atomic mass is 32.1. The molecule has 0 aliphatic heterocycles. The standard InChI is InChI=1S/C12H16N2O3S/c1-17-10-5-4-8(7-9(10)15)12(16)14-6-2-3-11(13)18/h4-5,7,15H,2-3,6H2,1H3,(H2,13,18)(H,14,16). The maximum absolute atomic E-state index is 11.7. The van der Waals surface area contributed by atoms with Gasteiger partial charge in [-0.1, -0.05) is 12.2 Å². The van der Waals surface area contributed by atoms with E-state index in [0.29, 0.717) is 35.7 Å². The highest BCUT2D eigenvalue weighted by Crippen LogP contribution is 2.25. The summed E-state index contributed by atoms with van der Waals surface area (Å²) in [7, 11) is 1.45. The third kappa shape index (κ3) is 4.21. The Kier molecular flexibility index (Phi) is 5.38. The van der Waals surface area contributed by atoms with Gasteiger partial charge in [-0.25, -0.2) is 0 Å². The molecule has 0 saturated carbocycles. The molecule has 1 aromatic carbocycles. The Labute approximate surface area is 111 Å². The number of nitrogens with two attached hydrogens (primary N) is 1. The number of benzene rings is 1. The van der Waals surface area contributed by atoms with Crippen LogP contribution in [0.3, 0.4) is 0 Å². The van der Waals surface area contributed by atoms with Crippen LogP contribution in [-0.4, -0.2) is 29.7 Å². The molecule has 4 N–H and O–H groups in total. The van der Waals surface area contributed by atoms with Gasteiger partial charge in [0, 0.05) is 12.1 Å². The van der Waals surface area contributed by atoms with Crippen LogP contribution in [0.4, 0.5) is 0 Å². The summed E-state index contributed by atoms with van der Waals surface area (Å²) in [6, 6.07) is 4.49. The molecule has 1 rings (SSSR count). The molecule has 5 nitrogen and oxygen atoms in total. The second kappa shape index (κ2) is 6.80. The van der Waals surface area contributed by atoms with Crippen LogP contribution in [0.5, 0.6) is 11.5 Å². The lowest BCUT2D eigenvalue weighted by Crippen LogP contribution is -2.25. The van der Waals surface area contributed by atoms with Gasteiger partial charge in [0.1, 0.15) is 0 Å². The van der Waals surface area contributed by atoms with Crippen LogP contribution in [0.25, 0.3) is 0 Å². The Morgan fingerprint density at radius 3 is 2.83 bits per heavy atom. The molecule has 0 aliphatic rings. The number of methoxy groups -OCH3 is 1. The smallest absolute Gasteiger partial charge is 0.251 e. The summed E-state index contributed by atoms with van der Waals surface area (Å²) in [6.45, 7) is 0.489. The van der Waals surface area contributed by atoms with Gasteiger partial charge < -0.3 is 20.9 Å². The molecule has 0 bridgehead atoms. The zero-order valence-corrected chi connectivity index (χ0v) is 10.9. The summed E-state index contributed by atoms with van der Waals surface area (Å²) < 4.78 is 4.89. The minimum Gasteiger partial charge on any atom is -0.504 e. The number of hydrogen-bond donors (Lipinski definition) is 3. The number of carbonyl (C=O) groups is 1. The third-order valence-electron chi connectivity index (χ3n) is 2.33. The van der Waals surface area contributed by atoms with Gasteiger partial charge >= 0.3 is 0 Å². The molecule has 0 heterocycles. The Bertz CT molecular complexity index is 449. The Hall–Kier alpha value is -1.82. The summed E-state index contributed by atoms with van der Waals surface area (Å²) in [5, 5.41) is 12.3. The largest absolute Gasteiger partial charge is 0.504 e. The van der Waals surface area contributed by atoms with Crippen LogP contribution in [0.15, 0.2) is 18.2 Å². The summed E-state index contributed by atoms with van der Waals surface area (Å²) in [5.74, 6) is 0.0178. The van der Waals surface area contributed by atoms with Crippen molar-refractivity contribution in [2.45, 2.75) is 12.8 Å². The van der Waals surface area contributed by atoms with Gasteiger partial charge in [0.05, 0.1) is 12.1 Å². The van der Waals surface area contributed by atoms with Crippen molar-refractivity contribution in [2.24, 2.45) is 5.73 Å². The van der Waals surface area contributed by atoms with Gasteiger partial charge in [-0.15, -0.1) is 0 Å². The van der Waals surface area contributed by atoms with E-state index in [-0.39, 0.29) is 11.7 Å². The van der Waals surface area contributed by atoms with Crippen molar-refractivity contribution in [3.63, 3.8) is 0 Å². The van der Waals surface area contributed by atoms with Gasteiger partial charge in [0.2, 0.25) is 0 Å². The predicted molar refractivity (Wildman–Crippen MR) is 73.0 cm³/mol. The van der Waals surface area contributed by atoms with Crippen molar-refractivity contribution >= 4 is 23.1 Å². The topological polar surface area (TPSA) is 84.6 Å². The Morgan fingerprint density at radius 2 is 2.28 bits per heavy atom. The molecule has 1 aromatic rings. The minimum atomic E-state index is -0.254. The van der Waals surface area contributed by atoms with Gasteiger partial charge in [-0.3, -0.25) is 4.79 Å². The molecular weight excluding hydrogens is 252 g/mol. The molecule has 0 saturated heterocycles. The lowest BCUT2D eigenvalue weighted by molar-refractivity contribution is 0.0953. The highest BCUT2D eigenvalue weighted by molar-refractivity contribution is 7.80. The molecule has 0 aliphatic carbocycles. The Balaban J connectivity index is 2.51. The molecule has 18 heavy (non-hydrogen) atoms. The number of rotatable bonds is 6. The minimum absolute atomic E-state index is 0.0618. The summed E-state index contributed by atoms with van der Waals surface area (Å²) >= 11 is 4.73. The summed E-state index contributed by atoms with van der Waals surface area (Å²) in [4.78, 5) is 12.2. The van der Waals surface area contributed by atoms with E-state index in [1.165, 1.54) is 13.2 Å². The summed E-state index contributed by atoms with van der Waals surface area (Å²) in [5.41, 5.74) is 5.72. The fraction of sp³-hybridized carbons (Fsp3) is 0.333. The molecule has 0 fully saturated rings. The van der Waals surface area contributed by atoms with Crippen molar-refractivity contribution in [3.05, 3.63) is 23.8 Å². The first-order valence-corrected chi connectivity index (χ1v) is 5.89. The number of nitrogens with one attached hydrogen (secondary N) is 1. The van der Waals surface area contributed by atoms with Crippen molar-refractivity contribution < 1.29 is 14.6 Å². The van der Waals surface area contributed by atoms with Gasteiger partial charge in [-0.2, -0.15) is 0 Å². The second-order valence-corrected chi connectivity index (χ2v) is 4.24. The molecule has 0 atom stereocenters. The van der Waals surface area contributed by atoms with Crippen LogP contribution in [-0.2, 0) is 0 Å². The summed E-state index contributed by atoms with van der Waals surface area (Å²) in [6.07, 6.45) is 1.30. The van der Waals surface area contributed by atoms with Gasteiger partial charge in [0.25, 0.3) is 5.91 Å². The Morgan fingerprint density at radius 1 is 1.56 bits per heavy atom. The van der Waals surface area contributed by atoms with E-state index in [0.717, 1.165) is 0 Å². The van der Waals surface area contributed by atoms with E-state index in [1.807, 2.05) is 0 Å². The number of phenols is 1. The molecule has 98 valence electrons. The first-order valence-electron chi connectivity index (χ1n) is 5.48. The SMILES string of the molecule is COc1ccc(C(=O)NCCCC(N)=S)cc1O. The van der Waals surface area contributed by atoms with Crippen molar-refractivity contribution in [3.8, 4) is 11.5 Å². The number of phenolic OH excluding ortho intramolecular Hbond substituents is 1. The maximum atomic E-state index is 11.7. The van der Waals surface area contributed by atoms with E-state index in [2.05, 4.69) is 5.32 Å². The van der Waals surface area contributed by atoms with Gasteiger partial charge in [-0.05, 0) is 31.0 Å². The molecule has 6 heteroatoms. The average molecular weight is 268 g/mol. The lowest BCUT2D eigenvalue weighted by Gasteiger charge is -2.07. The van der Waals surface area contributed by atoms with Crippen molar-refractivity contribution in [1.29, 1.82) is 0 Å². The highest BCUT2D eigenvalue weighted by Gasteiger charge is 2.08. The first-order chi connectivity index (χ1) is 8.54. The molecule has 0 radical (unpaired) electrons. The number of amides is 1. The van der Waals surface area contributed by atoms with Crippen LogP contribution >= 0.6 is 12.2 Å². The van der Waals surface area contributed by atoms with Crippen molar-refractivity contribution in [1.82, 2.24) is 5.32 Å². The molecule has 0 aromatic heterocycles. The molecule has 0 spiro atoms. The van der Waals surface area contributed by atoms with E-state index in [1.54, 1.807) is 12.1 Å². The normalized spacial score (nSPS) is 9.83. The zero-order chi connectivity index (χ0) is 13.5. The van der Waals surface area contributed by atoms with E-state index in [9.17, 15) is 9.90 Å². The fourth-order valence-corrected chi connectivity index (χ4v) is 1.54. The van der Waals surface area contributed by atoms with Crippen LogP contribution in [0.2, 0.25) is 0 Å². The molecule has 0 unspecified atom stereocenters. The quantitative estimate of drug-likeness (QED) is 0.533. The van der Waals surface area contributed by atoms with Gasteiger partial charge in [0.15, 0.2) is 11.5 Å². The van der Waals surface area contributed by atoms with E-state index < -0.39 is 0 Å². The first kappa shape index (κ1) is 14.2. The van der Waals surface area contributed by atoms with Crippen LogP contribution < -0.4 is 15.8 Å². The zero-order valence-electron chi connectivity index (χ0n) is 10.1. The number of carbonyl (C=O) groups excluding carboxylic acids is 1. The third-order valence-corrected chi connectivity index (χ3v) is 2.53. The van der Waals surface area contributed by atoms with Crippen LogP contribution in [0.1, 0.15) is 23.2 Å². The number of ether oxygens (including phenoxy) is 1. The predicted octanol–water partition coefficient (Wildman–Crippen LogP) is 1.20.